The third kappa shape index (κ3) is 2.62. The summed E-state index contributed by atoms with van der Waals surface area (Å²) in [5.74, 6) is -0.430. The largest absolute Gasteiger partial charge is 0.374 e. The van der Waals surface area contributed by atoms with Crippen molar-refractivity contribution in [3.05, 3.63) is 41.6 Å². The van der Waals surface area contributed by atoms with Gasteiger partial charge in [0.05, 0.1) is 11.4 Å². The minimum absolute atomic E-state index is 0.0758. The Labute approximate surface area is 122 Å². The van der Waals surface area contributed by atoms with E-state index in [0.717, 1.165) is 21.8 Å². The van der Waals surface area contributed by atoms with Gasteiger partial charge in [-0.05, 0) is 43.3 Å². The summed E-state index contributed by atoms with van der Waals surface area (Å²) < 4.78 is 0. The number of hydrogen-bond acceptors (Lipinski definition) is 5. The standard InChI is InChI=1S/C13H15N5OS/c1-7-4-5-8(2)10(6-7)15-16-11-9(3)17-18(12(11)19)13(14)20/h4-6,15,17H,3H2,1-2H3,(H2,14,20). The predicted octanol–water partition coefficient (Wildman–Crippen LogP) is 1.18. The van der Waals surface area contributed by atoms with Gasteiger partial charge in [-0.15, -0.1) is 0 Å². The van der Waals surface area contributed by atoms with Crippen LogP contribution in [0.2, 0.25) is 0 Å². The number of hydrogen-bond donors (Lipinski definition) is 3. The van der Waals surface area contributed by atoms with Gasteiger partial charge in [0, 0.05) is 0 Å². The number of carbonyl (C=O) groups is 1. The van der Waals surface area contributed by atoms with E-state index in [0.29, 0.717) is 5.70 Å². The summed E-state index contributed by atoms with van der Waals surface area (Å²) in [6.45, 7) is 7.64. The van der Waals surface area contributed by atoms with Gasteiger partial charge in [0.25, 0.3) is 0 Å². The SMILES string of the molecule is C=C1NN(C(N)=S)C(=O)C1=NNc1cc(C)ccc1C. The van der Waals surface area contributed by atoms with Crippen LogP contribution < -0.4 is 16.6 Å². The maximum absolute atomic E-state index is 12.0. The summed E-state index contributed by atoms with van der Waals surface area (Å²) in [6, 6.07) is 5.92. The molecule has 0 bridgehead atoms. The second-order valence-electron chi connectivity index (χ2n) is 4.46. The first-order chi connectivity index (χ1) is 9.40. The minimum Gasteiger partial charge on any atom is -0.374 e. The van der Waals surface area contributed by atoms with Crippen LogP contribution in [0.15, 0.2) is 35.6 Å². The molecule has 0 unspecified atom stereocenters. The summed E-state index contributed by atoms with van der Waals surface area (Å²) in [4.78, 5) is 12.0. The van der Waals surface area contributed by atoms with Gasteiger partial charge in [-0.3, -0.25) is 15.6 Å². The molecule has 6 nitrogen and oxygen atoms in total. The number of rotatable bonds is 2. The molecule has 104 valence electrons. The molecular weight excluding hydrogens is 274 g/mol. The topological polar surface area (TPSA) is 82.8 Å². The first-order valence-corrected chi connectivity index (χ1v) is 6.31. The molecule has 1 saturated heterocycles. The summed E-state index contributed by atoms with van der Waals surface area (Å²) in [5.41, 5.74) is 14.4. The number of thiocarbonyl (C=S) groups is 1. The van der Waals surface area contributed by atoms with Crippen LogP contribution in [0.5, 0.6) is 0 Å². The zero-order valence-corrected chi connectivity index (χ0v) is 12.0. The fourth-order valence-corrected chi connectivity index (χ4v) is 1.85. The molecular formula is C13H15N5OS. The number of anilines is 1. The number of amides is 1. The van der Waals surface area contributed by atoms with E-state index in [4.69, 9.17) is 18.0 Å². The zero-order valence-electron chi connectivity index (χ0n) is 11.2. The maximum atomic E-state index is 12.0. The van der Waals surface area contributed by atoms with Crippen molar-refractivity contribution >= 4 is 34.6 Å². The Morgan fingerprint density at radius 3 is 2.80 bits per heavy atom. The second kappa shape index (κ2) is 5.30. The van der Waals surface area contributed by atoms with E-state index >= 15 is 0 Å². The number of benzene rings is 1. The molecule has 2 rings (SSSR count). The quantitative estimate of drug-likeness (QED) is 0.562. The maximum Gasteiger partial charge on any atom is 0.301 e. The predicted molar refractivity (Wildman–Crippen MR) is 82.9 cm³/mol. The number of aryl methyl sites for hydroxylation is 2. The van der Waals surface area contributed by atoms with Crippen molar-refractivity contribution in [1.29, 1.82) is 0 Å². The van der Waals surface area contributed by atoms with E-state index in [-0.39, 0.29) is 10.8 Å². The Morgan fingerprint density at radius 1 is 1.50 bits per heavy atom. The van der Waals surface area contributed by atoms with Crippen molar-refractivity contribution in [2.24, 2.45) is 10.8 Å². The number of nitrogens with zero attached hydrogens (tertiary/aromatic N) is 2. The van der Waals surface area contributed by atoms with Crippen molar-refractivity contribution in [3.63, 3.8) is 0 Å². The fourth-order valence-electron chi connectivity index (χ4n) is 1.72. The molecule has 1 heterocycles. The summed E-state index contributed by atoms with van der Waals surface area (Å²) in [5, 5.41) is 5.04. The van der Waals surface area contributed by atoms with Crippen LogP contribution in [0.4, 0.5) is 5.69 Å². The van der Waals surface area contributed by atoms with E-state index in [2.05, 4.69) is 22.5 Å². The van der Waals surface area contributed by atoms with Crippen molar-refractivity contribution in [2.45, 2.75) is 13.8 Å². The third-order valence-electron chi connectivity index (χ3n) is 2.84. The van der Waals surface area contributed by atoms with Crippen LogP contribution in [-0.2, 0) is 4.79 Å². The highest BCUT2D eigenvalue weighted by Crippen LogP contribution is 2.17. The van der Waals surface area contributed by atoms with Gasteiger partial charge in [0.2, 0.25) is 0 Å². The number of hydrazone groups is 1. The van der Waals surface area contributed by atoms with Crippen molar-refractivity contribution in [2.75, 3.05) is 5.43 Å². The van der Waals surface area contributed by atoms with Gasteiger partial charge >= 0.3 is 5.91 Å². The molecule has 20 heavy (non-hydrogen) atoms. The molecule has 0 aliphatic carbocycles. The van der Waals surface area contributed by atoms with Crippen LogP contribution in [-0.4, -0.2) is 21.7 Å². The molecule has 0 atom stereocenters. The van der Waals surface area contributed by atoms with E-state index in [1.807, 2.05) is 32.0 Å². The van der Waals surface area contributed by atoms with Gasteiger partial charge in [0.1, 0.15) is 0 Å². The Kier molecular flexibility index (Phi) is 3.71. The van der Waals surface area contributed by atoms with Crippen LogP contribution in [0.25, 0.3) is 0 Å². The molecule has 1 fully saturated rings. The average molecular weight is 289 g/mol. The lowest BCUT2D eigenvalue weighted by atomic mass is 10.1. The molecule has 0 spiro atoms. The number of carbonyl (C=O) groups excluding carboxylic acids is 1. The van der Waals surface area contributed by atoms with Crippen LogP contribution in [0.3, 0.4) is 0 Å². The van der Waals surface area contributed by atoms with Gasteiger partial charge in [-0.1, -0.05) is 18.7 Å². The van der Waals surface area contributed by atoms with Crippen molar-refractivity contribution < 1.29 is 4.79 Å². The van der Waals surface area contributed by atoms with Crippen LogP contribution in [0.1, 0.15) is 11.1 Å². The molecule has 7 heteroatoms. The van der Waals surface area contributed by atoms with E-state index in [1.165, 1.54) is 0 Å². The highest BCUT2D eigenvalue weighted by Gasteiger charge is 2.32. The Hall–Kier alpha value is -2.41. The fraction of sp³-hybridized carbons (Fsp3) is 0.154. The van der Waals surface area contributed by atoms with Crippen LogP contribution in [0, 0.1) is 13.8 Å². The lowest BCUT2D eigenvalue weighted by Gasteiger charge is -2.11. The molecule has 1 aliphatic heterocycles. The lowest BCUT2D eigenvalue weighted by molar-refractivity contribution is -0.120. The minimum atomic E-state index is -0.430. The van der Waals surface area contributed by atoms with Gasteiger partial charge in [-0.2, -0.15) is 10.1 Å². The molecule has 1 aromatic rings. The second-order valence-corrected chi connectivity index (χ2v) is 4.88. The molecule has 1 aliphatic rings. The van der Waals surface area contributed by atoms with E-state index in [9.17, 15) is 4.79 Å². The summed E-state index contributed by atoms with van der Waals surface area (Å²) in [7, 11) is 0. The van der Waals surface area contributed by atoms with Gasteiger partial charge < -0.3 is 5.73 Å². The average Bonchev–Trinajstić information content (AvgIpc) is 2.67. The van der Waals surface area contributed by atoms with Gasteiger partial charge in [-0.25, -0.2) is 0 Å². The normalized spacial score (nSPS) is 16.5. The smallest absolute Gasteiger partial charge is 0.301 e. The molecule has 4 N–H and O–H groups in total. The highest BCUT2D eigenvalue weighted by molar-refractivity contribution is 7.80. The monoisotopic (exact) mass is 289 g/mol. The summed E-state index contributed by atoms with van der Waals surface area (Å²) >= 11 is 4.76. The van der Waals surface area contributed by atoms with E-state index in [1.54, 1.807) is 0 Å². The molecule has 0 radical (unpaired) electrons. The van der Waals surface area contributed by atoms with Crippen molar-refractivity contribution in [1.82, 2.24) is 10.4 Å². The molecule has 0 saturated carbocycles. The molecule has 0 aromatic heterocycles. The zero-order chi connectivity index (χ0) is 14.9. The first-order valence-electron chi connectivity index (χ1n) is 5.91. The summed E-state index contributed by atoms with van der Waals surface area (Å²) in [6.07, 6.45) is 0. The number of hydrazine groups is 1. The van der Waals surface area contributed by atoms with Gasteiger partial charge in [0.15, 0.2) is 10.8 Å². The van der Waals surface area contributed by atoms with E-state index < -0.39 is 5.91 Å². The molecule has 1 aromatic carbocycles. The highest BCUT2D eigenvalue weighted by atomic mass is 32.1. The third-order valence-corrected chi connectivity index (χ3v) is 3.02. The Balaban J connectivity index is 2.23. The Morgan fingerprint density at radius 2 is 2.20 bits per heavy atom. The Bertz CT molecular complexity index is 638. The lowest BCUT2D eigenvalue weighted by Crippen LogP contribution is -2.43. The van der Waals surface area contributed by atoms with Crippen molar-refractivity contribution in [3.8, 4) is 0 Å². The van der Waals surface area contributed by atoms with Crippen LogP contribution >= 0.6 is 12.2 Å². The number of nitrogens with two attached hydrogens (primary N) is 1. The molecule has 1 amide bonds. The number of nitrogens with one attached hydrogen (secondary N) is 2. The first kappa shape index (κ1) is 14.0.